The van der Waals surface area contributed by atoms with Crippen LogP contribution in [0.5, 0.6) is 11.5 Å². The van der Waals surface area contributed by atoms with Crippen molar-refractivity contribution in [2.24, 2.45) is 0 Å². The van der Waals surface area contributed by atoms with Gasteiger partial charge in [-0.1, -0.05) is 0 Å². The van der Waals surface area contributed by atoms with E-state index in [9.17, 15) is 4.79 Å². The minimum Gasteiger partial charge on any atom is -0.497 e. The highest BCUT2D eigenvalue weighted by Crippen LogP contribution is 2.29. The summed E-state index contributed by atoms with van der Waals surface area (Å²) in [4.78, 5) is 14.2. The molecule has 1 heterocycles. The second-order valence-corrected chi connectivity index (χ2v) is 4.87. The Morgan fingerprint density at radius 1 is 1.29 bits per heavy atom. The van der Waals surface area contributed by atoms with E-state index < -0.39 is 0 Å². The first kappa shape index (κ1) is 15.4. The fourth-order valence-corrected chi connectivity index (χ4v) is 2.27. The van der Waals surface area contributed by atoms with Crippen LogP contribution in [-0.2, 0) is 9.53 Å². The van der Waals surface area contributed by atoms with Crippen molar-refractivity contribution in [2.75, 3.05) is 45.8 Å². The molecule has 1 atom stereocenters. The zero-order valence-corrected chi connectivity index (χ0v) is 12.7. The Hall–Kier alpha value is -1.95. The molecule has 1 amide bonds. The molecule has 116 valence electrons. The van der Waals surface area contributed by atoms with Crippen LogP contribution in [-0.4, -0.2) is 57.4 Å². The third-order valence-corrected chi connectivity index (χ3v) is 3.47. The van der Waals surface area contributed by atoms with E-state index in [4.69, 9.17) is 14.2 Å². The fraction of sp³-hybridized carbons (Fsp3) is 0.533. The van der Waals surface area contributed by atoms with Gasteiger partial charge in [0.2, 0.25) is 5.91 Å². The van der Waals surface area contributed by atoms with Crippen molar-refractivity contribution in [3.05, 3.63) is 18.2 Å². The molecule has 1 fully saturated rings. The van der Waals surface area contributed by atoms with Crippen LogP contribution in [0.25, 0.3) is 0 Å². The van der Waals surface area contributed by atoms with Gasteiger partial charge in [-0.15, -0.1) is 0 Å². The Morgan fingerprint density at radius 3 is 2.62 bits per heavy atom. The molecule has 1 aliphatic heterocycles. The molecule has 6 heteroatoms. The number of nitrogens with one attached hydrogen (secondary N) is 1. The molecular weight excluding hydrogens is 272 g/mol. The van der Waals surface area contributed by atoms with Crippen molar-refractivity contribution in [3.8, 4) is 11.5 Å². The van der Waals surface area contributed by atoms with Gasteiger partial charge in [0.05, 0.1) is 33.1 Å². The minimum atomic E-state index is -0.328. The monoisotopic (exact) mass is 294 g/mol. The van der Waals surface area contributed by atoms with Crippen LogP contribution in [0.15, 0.2) is 18.2 Å². The van der Waals surface area contributed by atoms with Crippen molar-refractivity contribution < 1.29 is 19.0 Å². The molecule has 0 aromatic heterocycles. The first-order valence-corrected chi connectivity index (χ1v) is 7.01. The number of hydrogen-bond acceptors (Lipinski definition) is 5. The van der Waals surface area contributed by atoms with Crippen LogP contribution in [0.1, 0.15) is 6.92 Å². The molecule has 0 radical (unpaired) electrons. The van der Waals surface area contributed by atoms with E-state index in [0.29, 0.717) is 37.8 Å². The number of hydrogen-bond donors (Lipinski definition) is 1. The Balaban J connectivity index is 2.04. The van der Waals surface area contributed by atoms with Crippen molar-refractivity contribution in [3.63, 3.8) is 0 Å². The molecule has 21 heavy (non-hydrogen) atoms. The van der Waals surface area contributed by atoms with Crippen LogP contribution in [0.2, 0.25) is 0 Å². The Bertz CT molecular complexity index is 487. The summed E-state index contributed by atoms with van der Waals surface area (Å²) in [6, 6.07) is 5.14. The molecular formula is C15H22N2O4. The summed E-state index contributed by atoms with van der Waals surface area (Å²) in [5.74, 6) is 1.43. The van der Waals surface area contributed by atoms with E-state index in [0.717, 1.165) is 5.69 Å². The standard InChI is InChI=1S/C15H22N2O4/c1-11(15(18)17-6-8-21-9-7-17)16-13-5-4-12(19-2)10-14(13)20-3/h4-5,10-11,16H,6-9H2,1-3H3/t11-/m1/s1. The topological polar surface area (TPSA) is 60.0 Å². The highest BCUT2D eigenvalue weighted by molar-refractivity contribution is 5.85. The molecule has 2 rings (SSSR count). The summed E-state index contributed by atoms with van der Waals surface area (Å²) in [5.41, 5.74) is 0.771. The maximum atomic E-state index is 12.4. The zero-order chi connectivity index (χ0) is 15.2. The lowest BCUT2D eigenvalue weighted by Gasteiger charge is -2.30. The van der Waals surface area contributed by atoms with Gasteiger partial charge in [-0.05, 0) is 19.1 Å². The zero-order valence-electron chi connectivity index (χ0n) is 12.7. The Labute approximate surface area is 125 Å². The lowest BCUT2D eigenvalue weighted by atomic mass is 10.2. The summed E-state index contributed by atoms with van der Waals surface area (Å²) >= 11 is 0. The molecule has 6 nitrogen and oxygen atoms in total. The summed E-state index contributed by atoms with van der Waals surface area (Å²) in [6.45, 7) is 4.34. The van der Waals surface area contributed by atoms with Crippen molar-refractivity contribution in [2.45, 2.75) is 13.0 Å². The second-order valence-electron chi connectivity index (χ2n) is 4.87. The van der Waals surface area contributed by atoms with E-state index in [-0.39, 0.29) is 11.9 Å². The number of carbonyl (C=O) groups is 1. The van der Waals surface area contributed by atoms with Crippen molar-refractivity contribution >= 4 is 11.6 Å². The number of rotatable bonds is 5. The Kier molecular flexibility index (Phi) is 5.27. The number of benzene rings is 1. The predicted octanol–water partition coefficient (Wildman–Crippen LogP) is 1.36. The van der Waals surface area contributed by atoms with Gasteiger partial charge in [0, 0.05) is 19.2 Å². The number of ether oxygens (including phenoxy) is 3. The highest BCUT2D eigenvalue weighted by Gasteiger charge is 2.23. The molecule has 1 aromatic rings. The normalized spacial score (nSPS) is 16.2. The SMILES string of the molecule is COc1ccc(N[C@H](C)C(=O)N2CCOCC2)c(OC)c1. The average Bonchev–Trinajstić information content (AvgIpc) is 2.55. The first-order valence-electron chi connectivity index (χ1n) is 7.01. The Morgan fingerprint density at radius 2 is 2.00 bits per heavy atom. The average molecular weight is 294 g/mol. The molecule has 1 aromatic carbocycles. The predicted molar refractivity (Wildman–Crippen MR) is 80.0 cm³/mol. The second kappa shape index (κ2) is 7.17. The van der Waals surface area contributed by atoms with Gasteiger partial charge in [-0.3, -0.25) is 4.79 Å². The van der Waals surface area contributed by atoms with Crippen LogP contribution in [0.4, 0.5) is 5.69 Å². The van der Waals surface area contributed by atoms with E-state index >= 15 is 0 Å². The largest absolute Gasteiger partial charge is 0.497 e. The summed E-state index contributed by atoms with van der Waals surface area (Å²) < 4.78 is 15.8. The van der Waals surface area contributed by atoms with E-state index in [2.05, 4.69) is 5.32 Å². The van der Waals surface area contributed by atoms with Gasteiger partial charge in [-0.2, -0.15) is 0 Å². The van der Waals surface area contributed by atoms with Crippen molar-refractivity contribution in [1.82, 2.24) is 4.90 Å². The van der Waals surface area contributed by atoms with Crippen LogP contribution in [0, 0.1) is 0 Å². The highest BCUT2D eigenvalue weighted by atomic mass is 16.5. The summed E-state index contributed by atoms with van der Waals surface area (Å²) in [7, 11) is 3.20. The van der Waals surface area contributed by atoms with E-state index in [1.54, 1.807) is 20.3 Å². The van der Waals surface area contributed by atoms with Crippen LogP contribution >= 0.6 is 0 Å². The summed E-state index contributed by atoms with van der Waals surface area (Å²) in [5, 5.41) is 3.20. The van der Waals surface area contributed by atoms with Gasteiger partial charge in [0.25, 0.3) is 0 Å². The van der Waals surface area contributed by atoms with E-state index in [1.807, 2.05) is 24.0 Å². The van der Waals surface area contributed by atoms with Gasteiger partial charge >= 0.3 is 0 Å². The summed E-state index contributed by atoms with van der Waals surface area (Å²) in [6.07, 6.45) is 0. The third-order valence-electron chi connectivity index (χ3n) is 3.47. The lowest BCUT2D eigenvalue weighted by molar-refractivity contribution is -0.135. The smallest absolute Gasteiger partial charge is 0.244 e. The van der Waals surface area contributed by atoms with Gasteiger partial charge < -0.3 is 24.4 Å². The van der Waals surface area contributed by atoms with E-state index in [1.165, 1.54) is 0 Å². The van der Waals surface area contributed by atoms with Gasteiger partial charge in [0.1, 0.15) is 17.5 Å². The molecule has 0 bridgehead atoms. The number of amides is 1. The molecule has 0 saturated carbocycles. The maximum Gasteiger partial charge on any atom is 0.244 e. The number of anilines is 1. The number of morpholine rings is 1. The minimum absolute atomic E-state index is 0.0659. The fourth-order valence-electron chi connectivity index (χ4n) is 2.27. The molecule has 1 aliphatic rings. The number of nitrogens with zero attached hydrogens (tertiary/aromatic N) is 1. The molecule has 0 unspecified atom stereocenters. The van der Waals surface area contributed by atoms with Crippen LogP contribution < -0.4 is 14.8 Å². The molecule has 0 spiro atoms. The first-order chi connectivity index (χ1) is 10.2. The van der Waals surface area contributed by atoms with Gasteiger partial charge in [0.15, 0.2) is 0 Å². The molecule has 1 saturated heterocycles. The van der Waals surface area contributed by atoms with Crippen LogP contribution in [0.3, 0.4) is 0 Å². The number of carbonyl (C=O) groups excluding carboxylic acids is 1. The molecule has 1 N–H and O–H groups in total. The maximum absolute atomic E-state index is 12.4. The quantitative estimate of drug-likeness (QED) is 0.888. The number of methoxy groups -OCH3 is 2. The van der Waals surface area contributed by atoms with Crippen molar-refractivity contribution in [1.29, 1.82) is 0 Å². The lowest BCUT2D eigenvalue weighted by Crippen LogP contribution is -2.47. The van der Waals surface area contributed by atoms with Gasteiger partial charge in [-0.25, -0.2) is 0 Å². The third kappa shape index (κ3) is 3.78. The molecule has 0 aliphatic carbocycles.